The van der Waals surface area contributed by atoms with Crippen molar-refractivity contribution in [2.45, 2.75) is 19.8 Å². The fraction of sp³-hybridized carbons (Fsp3) is 0.400. The molecule has 0 radical (unpaired) electrons. The van der Waals surface area contributed by atoms with Crippen LogP contribution in [0, 0.1) is 11.3 Å². The normalized spacial score (nSPS) is 16.0. The fourth-order valence-electron chi connectivity index (χ4n) is 2.34. The molecular weight excluding hydrogens is 270 g/mol. The maximum Gasteiger partial charge on any atom is 0.354 e. The van der Waals surface area contributed by atoms with Crippen molar-refractivity contribution in [3.05, 3.63) is 34.8 Å². The molecule has 1 saturated heterocycles. The lowest BCUT2D eigenvalue weighted by Gasteiger charge is -2.07. The van der Waals surface area contributed by atoms with Crippen LogP contribution < -0.4 is 5.32 Å². The molecule has 0 unspecified atom stereocenters. The maximum atomic E-state index is 12.5. The first-order valence-corrected chi connectivity index (χ1v) is 6.84. The molecule has 0 bridgehead atoms. The first-order valence-electron chi connectivity index (χ1n) is 6.84. The highest BCUT2D eigenvalue weighted by Crippen LogP contribution is 2.19. The molecule has 0 aliphatic carbocycles. The summed E-state index contributed by atoms with van der Waals surface area (Å²) < 4.78 is 6.39. The van der Waals surface area contributed by atoms with E-state index >= 15 is 0 Å². The number of carbonyl (C=O) groups excluding carboxylic acids is 2. The van der Waals surface area contributed by atoms with Crippen LogP contribution in [0.5, 0.6) is 0 Å². The van der Waals surface area contributed by atoms with E-state index in [2.05, 4.69) is 5.32 Å². The van der Waals surface area contributed by atoms with Crippen LogP contribution in [-0.4, -0.2) is 29.5 Å². The standard InChI is InChI=1S/C15H17N3O3/c1-3-21-15(20)13-7-6-12(18(13)2)14(19)10(9-16)11-5-4-8-17-11/h6-7,17H,3-5,8H2,1-2H3/b11-10+. The largest absolute Gasteiger partial charge is 0.461 e. The molecule has 0 amide bonds. The second-order valence-electron chi connectivity index (χ2n) is 4.71. The summed E-state index contributed by atoms with van der Waals surface area (Å²) in [5, 5.41) is 12.3. The highest BCUT2D eigenvalue weighted by atomic mass is 16.5. The van der Waals surface area contributed by atoms with Crippen LogP contribution in [0.2, 0.25) is 0 Å². The molecule has 1 aliphatic heterocycles. The van der Waals surface area contributed by atoms with Gasteiger partial charge in [0.1, 0.15) is 17.3 Å². The van der Waals surface area contributed by atoms with E-state index in [1.807, 2.05) is 6.07 Å². The number of carbonyl (C=O) groups is 2. The van der Waals surface area contributed by atoms with Crippen molar-refractivity contribution in [1.82, 2.24) is 9.88 Å². The molecule has 0 saturated carbocycles. The number of hydrogen-bond donors (Lipinski definition) is 1. The predicted molar refractivity (Wildman–Crippen MR) is 75.6 cm³/mol. The average molecular weight is 287 g/mol. The highest BCUT2D eigenvalue weighted by Gasteiger charge is 2.24. The van der Waals surface area contributed by atoms with Crippen LogP contribution in [-0.2, 0) is 11.8 Å². The summed E-state index contributed by atoms with van der Waals surface area (Å²) in [7, 11) is 1.61. The number of ketones is 1. The van der Waals surface area contributed by atoms with Crippen molar-refractivity contribution < 1.29 is 14.3 Å². The molecule has 110 valence electrons. The summed E-state index contributed by atoms with van der Waals surface area (Å²) in [5.74, 6) is -0.857. The number of ether oxygens (including phenoxy) is 1. The fourth-order valence-corrected chi connectivity index (χ4v) is 2.34. The van der Waals surface area contributed by atoms with Gasteiger partial charge in [-0.25, -0.2) is 4.79 Å². The number of nitriles is 1. The van der Waals surface area contributed by atoms with E-state index in [-0.39, 0.29) is 18.0 Å². The second kappa shape index (κ2) is 6.27. The van der Waals surface area contributed by atoms with E-state index in [1.54, 1.807) is 20.0 Å². The number of rotatable bonds is 4. The van der Waals surface area contributed by atoms with Crippen molar-refractivity contribution in [3.63, 3.8) is 0 Å². The molecule has 1 N–H and O–H groups in total. The van der Waals surface area contributed by atoms with Crippen LogP contribution in [0.15, 0.2) is 23.4 Å². The molecule has 2 rings (SSSR count). The second-order valence-corrected chi connectivity index (χ2v) is 4.71. The Kier molecular flexibility index (Phi) is 4.43. The van der Waals surface area contributed by atoms with Crippen molar-refractivity contribution in [1.29, 1.82) is 5.26 Å². The van der Waals surface area contributed by atoms with Crippen molar-refractivity contribution in [3.8, 4) is 6.07 Å². The number of hydrogen-bond acceptors (Lipinski definition) is 5. The van der Waals surface area contributed by atoms with Gasteiger partial charge in [-0.1, -0.05) is 0 Å². The first-order chi connectivity index (χ1) is 10.1. The number of aromatic nitrogens is 1. The van der Waals surface area contributed by atoms with Crippen molar-refractivity contribution in [2.75, 3.05) is 13.2 Å². The zero-order chi connectivity index (χ0) is 15.4. The Balaban J connectivity index is 2.34. The van der Waals surface area contributed by atoms with Gasteiger partial charge in [0.15, 0.2) is 0 Å². The molecule has 1 aliphatic rings. The van der Waals surface area contributed by atoms with E-state index in [0.29, 0.717) is 23.5 Å². The maximum absolute atomic E-state index is 12.5. The molecule has 1 aromatic rings. The average Bonchev–Trinajstić information content (AvgIpc) is 3.09. The Morgan fingerprint density at radius 1 is 1.43 bits per heavy atom. The Bertz CT molecular complexity index is 642. The van der Waals surface area contributed by atoms with Crippen LogP contribution >= 0.6 is 0 Å². The minimum Gasteiger partial charge on any atom is -0.461 e. The number of esters is 1. The van der Waals surface area contributed by atoms with Crippen LogP contribution in [0.4, 0.5) is 0 Å². The van der Waals surface area contributed by atoms with Gasteiger partial charge in [-0.3, -0.25) is 4.79 Å². The number of nitrogens with one attached hydrogen (secondary N) is 1. The third-order valence-corrected chi connectivity index (χ3v) is 3.42. The third kappa shape index (κ3) is 2.82. The van der Waals surface area contributed by atoms with Gasteiger partial charge in [-0.2, -0.15) is 5.26 Å². The molecule has 21 heavy (non-hydrogen) atoms. The van der Waals surface area contributed by atoms with Crippen molar-refractivity contribution in [2.24, 2.45) is 7.05 Å². The predicted octanol–water partition coefficient (Wildman–Crippen LogP) is 1.55. The molecule has 0 aromatic carbocycles. The molecule has 0 atom stereocenters. The summed E-state index contributed by atoms with van der Waals surface area (Å²) in [6.45, 7) is 2.76. The van der Waals surface area contributed by atoms with Gasteiger partial charge in [0.25, 0.3) is 0 Å². The van der Waals surface area contributed by atoms with Crippen LogP contribution in [0.3, 0.4) is 0 Å². The Morgan fingerprint density at radius 3 is 2.71 bits per heavy atom. The molecule has 0 spiro atoms. The number of allylic oxidation sites excluding steroid dienone is 2. The van der Waals surface area contributed by atoms with Gasteiger partial charge >= 0.3 is 5.97 Å². The van der Waals surface area contributed by atoms with E-state index in [4.69, 9.17) is 4.74 Å². The number of nitrogens with zero attached hydrogens (tertiary/aromatic N) is 2. The first kappa shape index (κ1) is 14.9. The van der Waals surface area contributed by atoms with Gasteiger partial charge in [0.05, 0.1) is 12.3 Å². The van der Waals surface area contributed by atoms with Crippen LogP contribution in [0.25, 0.3) is 0 Å². The number of Topliss-reactive ketones (excluding diaryl/α,β-unsaturated/α-hetero) is 1. The van der Waals surface area contributed by atoms with E-state index < -0.39 is 5.97 Å². The monoisotopic (exact) mass is 287 g/mol. The van der Waals surface area contributed by atoms with Gasteiger partial charge < -0.3 is 14.6 Å². The minimum absolute atomic E-state index is 0.115. The van der Waals surface area contributed by atoms with Gasteiger partial charge in [-0.15, -0.1) is 0 Å². The Morgan fingerprint density at radius 2 is 2.14 bits per heavy atom. The van der Waals surface area contributed by atoms with E-state index in [1.165, 1.54) is 10.6 Å². The van der Waals surface area contributed by atoms with Gasteiger partial charge in [0, 0.05) is 19.3 Å². The van der Waals surface area contributed by atoms with Gasteiger partial charge in [-0.05, 0) is 31.9 Å². The summed E-state index contributed by atoms with van der Waals surface area (Å²) in [6, 6.07) is 5.05. The minimum atomic E-state index is -0.482. The zero-order valence-electron chi connectivity index (χ0n) is 12.1. The molecular formula is C15H17N3O3. The molecule has 2 heterocycles. The Labute approximate surface area is 123 Å². The molecule has 1 aromatic heterocycles. The molecule has 6 nitrogen and oxygen atoms in total. The molecule has 1 fully saturated rings. The topological polar surface area (TPSA) is 84.1 Å². The summed E-state index contributed by atoms with van der Waals surface area (Å²) in [6.07, 6.45) is 1.61. The summed E-state index contributed by atoms with van der Waals surface area (Å²) in [5.41, 5.74) is 1.39. The quantitative estimate of drug-likeness (QED) is 0.393. The third-order valence-electron chi connectivity index (χ3n) is 3.42. The lowest BCUT2D eigenvalue weighted by Crippen LogP contribution is -2.17. The molecule has 6 heteroatoms. The van der Waals surface area contributed by atoms with Crippen molar-refractivity contribution >= 4 is 11.8 Å². The highest BCUT2D eigenvalue weighted by molar-refractivity contribution is 6.11. The smallest absolute Gasteiger partial charge is 0.354 e. The lowest BCUT2D eigenvalue weighted by atomic mass is 10.1. The Hall–Kier alpha value is -2.55. The SMILES string of the molecule is CCOC(=O)c1ccc(C(=O)/C(C#N)=C2\CCCN2)n1C. The van der Waals surface area contributed by atoms with E-state index in [0.717, 1.165) is 13.0 Å². The summed E-state index contributed by atoms with van der Waals surface area (Å²) in [4.78, 5) is 24.2. The summed E-state index contributed by atoms with van der Waals surface area (Å²) >= 11 is 0. The lowest BCUT2D eigenvalue weighted by molar-refractivity contribution is 0.0515. The van der Waals surface area contributed by atoms with E-state index in [9.17, 15) is 14.9 Å². The van der Waals surface area contributed by atoms with Gasteiger partial charge in [0.2, 0.25) is 5.78 Å². The zero-order valence-corrected chi connectivity index (χ0v) is 12.1. The van der Waals surface area contributed by atoms with Crippen LogP contribution in [0.1, 0.15) is 40.7 Å².